The Morgan fingerprint density at radius 1 is 0.343 bits per heavy atom. The summed E-state index contributed by atoms with van der Waals surface area (Å²) in [6.07, 6.45) is 11.8. The third-order valence-electron chi connectivity index (χ3n) is 21.3. The zero-order valence-electron chi connectivity index (χ0n) is 76.0. The summed E-state index contributed by atoms with van der Waals surface area (Å²) in [5, 5.41) is 15.5. The third kappa shape index (κ3) is 27.6. The van der Waals surface area contributed by atoms with Crippen LogP contribution < -0.4 is 100 Å². The molecule has 21 N–H and O–H groups in total. The molecular formula is C79H101N41O20. The second kappa shape index (κ2) is 47.3. The van der Waals surface area contributed by atoms with Crippen molar-refractivity contribution in [3.63, 3.8) is 0 Å². The molecular weight excluding hydrogens is 1840 g/mol. The van der Waals surface area contributed by atoms with Crippen LogP contribution in [0.15, 0.2) is 97.7 Å². The molecule has 11 rings (SSSR count). The highest BCUT2D eigenvalue weighted by molar-refractivity contribution is 5.93. The van der Waals surface area contributed by atoms with Crippen LogP contribution in [0.25, 0.3) is 44.7 Å². The van der Waals surface area contributed by atoms with Crippen LogP contribution in [0.4, 0.5) is 29.2 Å². The number of hydrogen-bond acceptors (Lipinski definition) is 38. The molecule has 11 aromatic rings. The van der Waals surface area contributed by atoms with Gasteiger partial charge in [0.15, 0.2) is 51.3 Å². The second-order valence-corrected chi connectivity index (χ2v) is 31.8. The molecule has 0 saturated carbocycles. The quantitative estimate of drug-likeness (QED) is 0.0168. The van der Waals surface area contributed by atoms with Gasteiger partial charge in [0.1, 0.15) is 87.2 Å². The van der Waals surface area contributed by atoms with Crippen LogP contribution in [-0.4, -0.2) is 361 Å². The number of nitrogens with two attached hydrogens (primary N) is 6. The number of aromatic amines is 3. The summed E-state index contributed by atoms with van der Waals surface area (Å²) in [6.45, 7) is -7.97. The van der Waals surface area contributed by atoms with Crippen LogP contribution in [0.5, 0.6) is 0 Å². The van der Waals surface area contributed by atoms with Crippen molar-refractivity contribution in [2.75, 3.05) is 166 Å². The van der Waals surface area contributed by atoms with Crippen molar-refractivity contribution >= 4 is 156 Å². The smallest absolute Gasteiger partial charge is 0.349 e. The SMILES string of the molecule is Cc1cn(CC(=O)N(CCNC(=O)CN(CCNC(=O)CN(CCNC(=O)CN(CCN)C(=O)Cn2cnc3c(=O)[nH]c(N)nc32)C(=O)Cn2ccc(N)nc2=O)C(=O)Cn2cnc3c(N)ncnc32)CC(=O)NCCN(CC(=O)NCCN(CC(=O)NCCN(CC(=O)C(C)C)C(=O)Cn2cnc3c(N)ncnc32)C(=O)Cn2cnc3c(N)ncnc32)C(=O)Cn2cc(C)c(=O)[nH]c2=O)c(=O)[nH]c1=O. The summed E-state index contributed by atoms with van der Waals surface area (Å²) < 4.78 is 7.86. The van der Waals surface area contributed by atoms with E-state index in [0.717, 1.165) is 68.1 Å². The molecule has 0 bridgehead atoms. The fourth-order valence-corrected chi connectivity index (χ4v) is 13.8. The van der Waals surface area contributed by atoms with Gasteiger partial charge in [-0.15, -0.1) is 0 Å². The molecule has 0 aliphatic rings. The summed E-state index contributed by atoms with van der Waals surface area (Å²) in [4.78, 5) is 334. The van der Waals surface area contributed by atoms with E-state index in [4.69, 9.17) is 34.4 Å². The zero-order valence-corrected chi connectivity index (χ0v) is 76.0. The Kier molecular flexibility index (Phi) is 34.6. The molecule has 61 nitrogen and oxygen atoms in total. The average molecular weight is 1940 g/mol. The number of hydrogen-bond donors (Lipinski definition) is 15. The minimum atomic E-state index is -1.03. The van der Waals surface area contributed by atoms with Gasteiger partial charge >= 0.3 is 17.1 Å². The Morgan fingerprint density at radius 3 is 0.936 bits per heavy atom. The highest BCUT2D eigenvalue weighted by Crippen LogP contribution is 2.19. The second-order valence-electron chi connectivity index (χ2n) is 31.8. The molecule has 0 spiro atoms. The normalized spacial score (nSPS) is 11.2. The van der Waals surface area contributed by atoms with Crippen molar-refractivity contribution in [3.8, 4) is 0 Å². The van der Waals surface area contributed by atoms with Crippen molar-refractivity contribution in [3.05, 3.63) is 143 Å². The number of rotatable bonds is 49. The number of nitrogens with one attached hydrogen (secondary N) is 9. The van der Waals surface area contributed by atoms with E-state index in [1.165, 1.54) is 80.9 Å². The maximum absolute atomic E-state index is 14.5. The summed E-state index contributed by atoms with van der Waals surface area (Å²) in [5.41, 5.74) is 31.0. The lowest BCUT2D eigenvalue weighted by atomic mass is 10.1. The van der Waals surface area contributed by atoms with Gasteiger partial charge in [0.05, 0.1) is 71.1 Å². The number of ketones is 1. The number of aromatic nitrogens is 22. The summed E-state index contributed by atoms with van der Waals surface area (Å²) >= 11 is 0. The lowest BCUT2D eigenvalue weighted by Gasteiger charge is -2.26. The van der Waals surface area contributed by atoms with Crippen molar-refractivity contribution in [2.24, 2.45) is 11.7 Å². The molecule has 13 amide bonds. The van der Waals surface area contributed by atoms with Gasteiger partial charge in [-0.05, 0) is 19.9 Å². The zero-order chi connectivity index (χ0) is 101. The average Bonchev–Trinajstić information content (AvgIpc) is 1.64. The molecule has 0 saturated heterocycles. The maximum Gasteiger partial charge on any atom is 0.349 e. The predicted octanol–water partition coefficient (Wildman–Crippen LogP) is -12.8. The van der Waals surface area contributed by atoms with Crippen molar-refractivity contribution in [1.82, 2.24) is 173 Å². The van der Waals surface area contributed by atoms with Crippen molar-refractivity contribution in [1.29, 1.82) is 0 Å². The Labute approximate surface area is 787 Å². The van der Waals surface area contributed by atoms with E-state index in [2.05, 4.69) is 107 Å². The number of Topliss-reactive ketones (excluding diaryl/α,β-unsaturated/α-hetero) is 1. The number of nitrogen functional groups attached to an aromatic ring is 5. The summed E-state index contributed by atoms with van der Waals surface area (Å²) in [5.74, 6) is -11.7. The first-order valence-electron chi connectivity index (χ1n) is 42.9. The van der Waals surface area contributed by atoms with Gasteiger partial charge in [-0.3, -0.25) is 110 Å². The minimum Gasteiger partial charge on any atom is -0.383 e. The number of nitrogens with zero attached hydrogens (tertiary/aromatic N) is 26. The van der Waals surface area contributed by atoms with E-state index in [9.17, 15) is 95.9 Å². The van der Waals surface area contributed by atoms with Crippen LogP contribution in [0.1, 0.15) is 25.0 Å². The fourth-order valence-electron chi connectivity index (χ4n) is 13.8. The van der Waals surface area contributed by atoms with Crippen molar-refractivity contribution in [2.45, 2.75) is 73.5 Å². The van der Waals surface area contributed by atoms with Gasteiger partial charge < -0.3 is 119 Å². The molecule has 0 aromatic carbocycles. The Hall–Kier alpha value is -18.0. The molecule has 140 heavy (non-hydrogen) atoms. The lowest BCUT2D eigenvalue weighted by molar-refractivity contribution is -0.138. The van der Waals surface area contributed by atoms with Gasteiger partial charge in [0, 0.05) is 127 Å². The molecule has 0 atom stereocenters. The molecule has 11 heterocycles. The van der Waals surface area contributed by atoms with Gasteiger partial charge in [0.25, 0.3) is 16.7 Å². The van der Waals surface area contributed by atoms with Crippen LogP contribution >= 0.6 is 0 Å². The summed E-state index contributed by atoms with van der Waals surface area (Å²) in [7, 11) is 0. The molecule has 61 heteroatoms. The van der Waals surface area contributed by atoms with Crippen LogP contribution in [0.2, 0.25) is 0 Å². The number of carbonyl (C=O) groups excluding carboxylic acids is 14. The first-order valence-corrected chi connectivity index (χ1v) is 42.9. The van der Waals surface area contributed by atoms with Gasteiger partial charge in [0.2, 0.25) is 82.7 Å². The monoisotopic (exact) mass is 1940 g/mol. The Balaban J connectivity index is 0.743. The molecule has 742 valence electrons. The number of aryl methyl sites for hydroxylation is 2. The van der Waals surface area contributed by atoms with E-state index < -0.39 is 254 Å². The molecule has 0 radical (unpaired) electrons. The number of fused-ring (bicyclic) bond motifs is 4. The number of imidazole rings is 4. The Morgan fingerprint density at radius 2 is 0.629 bits per heavy atom. The third-order valence-corrected chi connectivity index (χ3v) is 21.3. The molecule has 0 aliphatic carbocycles. The topological polar surface area (TPSA) is 829 Å². The maximum atomic E-state index is 14.5. The lowest BCUT2D eigenvalue weighted by Crippen LogP contribution is -2.50. The van der Waals surface area contributed by atoms with E-state index in [-0.39, 0.29) is 137 Å². The van der Waals surface area contributed by atoms with E-state index in [1.807, 2.05) is 0 Å². The largest absolute Gasteiger partial charge is 0.383 e. The number of H-pyrrole nitrogens is 3. The highest BCUT2D eigenvalue weighted by Gasteiger charge is 2.30. The van der Waals surface area contributed by atoms with E-state index >= 15 is 0 Å². The number of carbonyl (C=O) groups is 14. The number of amides is 13. The van der Waals surface area contributed by atoms with Crippen molar-refractivity contribution < 1.29 is 67.1 Å². The minimum absolute atomic E-state index is 0.00312. The number of anilines is 5. The van der Waals surface area contributed by atoms with E-state index in [1.54, 1.807) is 13.8 Å². The van der Waals surface area contributed by atoms with Crippen LogP contribution in [0.3, 0.4) is 0 Å². The van der Waals surface area contributed by atoms with Crippen LogP contribution in [0, 0.1) is 19.8 Å². The van der Waals surface area contributed by atoms with Gasteiger partial charge in [-0.2, -0.15) is 9.97 Å². The summed E-state index contributed by atoms with van der Waals surface area (Å²) in [6, 6.07) is 1.24. The molecule has 0 unspecified atom stereocenters. The first kappa shape index (κ1) is 102. The predicted molar refractivity (Wildman–Crippen MR) is 490 cm³/mol. The Bertz CT molecular complexity index is 6920. The molecule has 0 fully saturated rings. The van der Waals surface area contributed by atoms with E-state index in [0.29, 0.717) is 0 Å². The van der Waals surface area contributed by atoms with Gasteiger partial charge in [-0.25, -0.2) is 64.2 Å². The standard InChI is InChI=1S/C79H101N41O20/c1-44(2)47(121)23-108(59(132)33-117-40-98-62-66(82)92-37-95-69(62)117)15-7-86-53(126)28-112(60(133)34-118-41-99-63-67(83)93-38-96-70(63)118)20-12-91-52(125)27-110(56(129)31-115-21-45(3)73(135)105-78(115)139)17-9-88-51(124)26-111(57(130)32-116-22-46(4)74(136)106-79(116)140)18-10-89-54(127)29-113(61(134)35-119-42-100-64-68(84)94-39-97-71(64)119)19-11-90-50(123)25-109(55(128)30-114-13-5-48(81)102-77(114)138)16-8-87-49(122)24-107(14-6-80)58(131)36-120-43-101-65-72(120)103-76(85)104-75(65)137/h5,13,21-22,37-44H,6-12,14-20,23-36,80H2,1-4H3,(H,86,126)(H,87,122)(H,88,124)(H,89,127)(H,90,123)(H,91,125)(H2,81,102,138)(H2,82,92,95)(H2,83,93,96)(H2,84,94,97)(H,105,135,139)(H,106,136,140)(H3,85,103,104,137). The van der Waals surface area contributed by atoms with Gasteiger partial charge in [-0.1, -0.05) is 13.8 Å². The fraction of sp³-hybridized carbons (Fsp3) is 0.418. The van der Waals surface area contributed by atoms with Crippen LogP contribution in [-0.2, 0) is 113 Å². The highest BCUT2D eigenvalue weighted by atomic mass is 16.2. The molecule has 11 aromatic heterocycles. The molecule has 0 aliphatic heterocycles. The first-order chi connectivity index (χ1) is 66.8.